The van der Waals surface area contributed by atoms with Gasteiger partial charge in [-0.1, -0.05) is 45.0 Å². The van der Waals surface area contributed by atoms with E-state index in [2.05, 4.69) is 15.3 Å². The van der Waals surface area contributed by atoms with Gasteiger partial charge in [-0.25, -0.2) is 4.98 Å². The highest BCUT2D eigenvalue weighted by atomic mass is 16.2. The number of likely N-dealkylation sites (tertiary alicyclic amines) is 1. The molecule has 2 amide bonds. The van der Waals surface area contributed by atoms with Crippen LogP contribution in [0.15, 0.2) is 60.8 Å². The quantitative estimate of drug-likeness (QED) is 0.444. The first kappa shape index (κ1) is 24.3. The molecule has 0 unspecified atom stereocenters. The Kier molecular flexibility index (Phi) is 7.05. The van der Waals surface area contributed by atoms with Crippen LogP contribution < -0.4 is 5.32 Å². The summed E-state index contributed by atoms with van der Waals surface area (Å²) in [5, 5.41) is 3.08. The van der Waals surface area contributed by atoms with Crippen LogP contribution in [0.25, 0.3) is 17.1 Å². The van der Waals surface area contributed by atoms with E-state index >= 15 is 0 Å². The number of carbonyl (C=O) groups is 3. The van der Waals surface area contributed by atoms with E-state index in [4.69, 9.17) is 0 Å². The maximum absolute atomic E-state index is 12.9. The maximum Gasteiger partial charge on any atom is 0.253 e. The largest absolute Gasteiger partial charge is 0.353 e. The van der Waals surface area contributed by atoms with Gasteiger partial charge in [0.2, 0.25) is 5.91 Å². The van der Waals surface area contributed by atoms with E-state index in [1.54, 1.807) is 41.4 Å². The van der Waals surface area contributed by atoms with Crippen molar-refractivity contribution in [1.82, 2.24) is 20.2 Å². The molecule has 0 bridgehead atoms. The number of amides is 2. The van der Waals surface area contributed by atoms with Crippen molar-refractivity contribution in [2.45, 2.75) is 39.7 Å². The van der Waals surface area contributed by atoms with Gasteiger partial charge in [-0.2, -0.15) is 0 Å². The van der Waals surface area contributed by atoms with E-state index in [0.717, 1.165) is 23.9 Å². The highest BCUT2D eigenvalue weighted by Crippen LogP contribution is 2.18. The van der Waals surface area contributed by atoms with Crippen molar-refractivity contribution in [3.63, 3.8) is 0 Å². The zero-order valence-corrected chi connectivity index (χ0v) is 20.3. The van der Waals surface area contributed by atoms with Crippen LogP contribution >= 0.6 is 0 Å². The van der Waals surface area contributed by atoms with Crippen molar-refractivity contribution in [2.75, 3.05) is 13.1 Å². The molecule has 1 aromatic heterocycles. The first-order chi connectivity index (χ1) is 16.7. The molecule has 0 radical (unpaired) electrons. The normalized spacial score (nSPS) is 14.9. The highest BCUT2D eigenvalue weighted by molar-refractivity contribution is 6.07. The van der Waals surface area contributed by atoms with Crippen molar-refractivity contribution in [3.05, 3.63) is 77.6 Å². The Hall–Kier alpha value is -3.87. The Morgan fingerprint density at radius 3 is 2.23 bits per heavy atom. The van der Waals surface area contributed by atoms with E-state index in [9.17, 15) is 14.4 Å². The number of ketones is 1. The molecule has 1 aliphatic rings. The monoisotopic (exact) mass is 470 g/mol. The van der Waals surface area contributed by atoms with Gasteiger partial charge < -0.3 is 10.2 Å². The number of hydrogen-bond acceptors (Lipinski definition) is 5. The minimum absolute atomic E-state index is 0.0317. The van der Waals surface area contributed by atoms with Gasteiger partial charge in [0.05, 0.1) is 22.9 Å². The minimum Gasteiger partial charge on any atom is -0.353 e. The molecule has 1 fully saturated rings. The fourth-order valence-electron chi connectivity index (χ4n) is 3.90. The lowest BCUT2D eigenvalue weighted by molar-refractivity contribution is -0.129. The van der Waals surface area contributed by atoms with Crippen molar-refractivity contribution >= 4 is 34.7 Å². The third-order valence-corrected chi connectivity index (χ3v) is 6.09. The van der Waals surface area contributed by atoms with E-state index in [-0.39, 0.29) is 23.6 Å². The lowest BCUT2D eigenvalue weighted by Crippen LogP contribution is -2.49. The number of aromatic nitrogens is 2. The highest BCUT2D eigenvalue weighted by Gasteiger charge is 2.28. The SMILES string of the molecule is CC(C)(C)C(=O)NC1CCN(C(=O)c2ccc(C(=O)C=Cc3cnc4ccccc4n3)cc2)CC1. The molecule has 7 heteroatoms. The Bertz CT molecular complexity index is 1270. The summed E-state index contributed by atoms with van der Waals surface area (Å²) < 4.78 is 0. The van der Waals surface area contributed by atoms with Crippen LogP contribution in [0.3, 0.4) is 0 Å². The van der Waals surface area contributed by atoms with Crippen LogP contribution in [0.1, 0.15) is 60.0 Å². The smallest absolute Gasteiger partial charge is 0.253 e. The van der Waals surface area contributed by atoms with Crippen molar-refractivity contribution in [3.8, 4) is 0 Å². The van der Waals surface area contributed by atoms with Crippen LogP contribution in [0, 0.1) is 5.41 Å². The molecule has 35 heavy (non-hydrogen) atoms. The molecule has 0 aliphatic carbocycles. The predicted molar refractivity (Wildman–Crippen MR) is 136 cm³/mol. The number of allylic oxidation sites excluding steroid dienone is 1. The van der Waals surface area contributed by atoms with Gasteiger partial charge in [-0.3, -0.25) is 19.4 Å². The summed E-state index contributed by atoms with van der Waals surface area (Å²) in [6.07, 6.45) is 6.19. The summed E-state index contributed by atoms with van der Waals surface area (Å²) in [5.74, 6) is -0.204. The number of fused-ring (bicyclic) bond motifs is 1. The summed E-state index contributed by atoms with van der Waals surface area (Å²) in [4.78, 5) is 48.3. The Morgan fingerprint density at radius 1 is 0.943 bits per heavy atom. The number of nitrogens with one attached hydrogen (secondary N) is 1. The lowest BCUT2D eigenvalue weighted by Gasteiger charge is -2.33. The molecular formula is C28H30N4O3. The molecule has 1 aliphatic heterocycles. The summed E-state index contributed by atoms with van der Waals surface area (Å²) in [6.45, 7) is 6.85. The average Bonchev–Trinajstić information content (AvgIpc) is 2.86. The van der Waals surface area contributed by atoms with Crippen molar-refractivity contribution < 1.29 is 14.4 Å². The standard InChI is InChI=1S/C28H30N4O3/c1-28(2,3)27(35)31-21-14-16-32(17-15-21)26(34)20-10-8-19(9-11-20)25(33)13-12-22-18-29-23-6-4-5-7-24(23)30-22/h4-13,18,21H,14-17H2,1-3H3,(H,31,35). The second-order valence-electron chi connectivity index (χ2n) is 9.85. The molecule has 0 spiro atoms. The van der Waals surface area contributed by atoms with Crippen LogP contribution in [-0.4, -0.2) is 51.6 Å². The Labute approximate surface area is 205 Å². The Morgan fingerprint density at radius 2 is 1.57 bits per heavy atom. The molecular weight excluding hydrogens is 440 g/mol. The van der Waals surface area contributed by atoms with Gasteiger partial charge in [0.15, 0.2) is 5.78 Å². The van der Waals surface area contributed by atoms with Crippen LogP contribution in [0.2, 0.25) is 0 Å². The number of nitrogens with zero attached hydrogens (tertiary/aromatic N) is 3. The second-order valence-corrected chi connectivity index (χ2v) is 9.85. The fraction of sp³-hybridized carbons (Fsp3) is 0.321. The molecule has 1 N–H and O–H groups in total. The topological polar surface area (TPSA) is 92.3 Å². The molecule has 0 atom stereocenters. The third-order valence-electron chi connectivity index (χ3n) is 6.09. The molecule has 1 saturated heterocycles. The third kappa shape index (κ3) is 5.98. The number of para-hydroxylation sites is 2. The number of piperidine rings is 1. The predicted octanol–water partition coefficient (Wildman–Crippen LogP) is 4.29. The van der Waals surface area contributed by atoms with E-state index in [0.29, 0.717) is 29.9 Å². The number of benzene rings is 2. The fourth-order valence-corrected chi connectivity index (χ4v) is 3.90. The molecule has 3 aromatic rings. The average molecular weight is 471 g/mol. The number of rotatable bonds is 5. The number of carbonyl (C=O) groups excluding carboxylic acids is 3. The molecule has 7 nitrogen and oxygen atoms in total. The Balaban J connectivity index is 1.33. The van der Waals surface area contributed by atoms with Crippen molar-refractivity contribution in [2.24, 2.45) is 5.41 Å². The van der Waals surface area contributed by atoms with Gasteiger partial charge >= 0.3 is 0 Å². The van der Waals surface area contributed by atoms with Gasteiger partial charge in [0, 0.05) is 35.7 Å². The first-order valence-corrected chi connectivity index (χ1v) is 11.9. The first-order valence-electron chi connectivity index (χ1n) is 11.9. The van der Waals surface area contributed by atoms with Gasteiger partial charge in [-0.15, -0.1) is 0 Å². The summed E-state index contributed by atoms with van der Waals surface area (Å²) >= 11 is 0. The molecule has 4 rings (SSSR count). The summed E-state index contributed by atoms with van der Waals surface area (Å²) in [5.41, 5.74) is 2.79. The van der Waals surface area contributed by atoms with Crippen LogP contribution in [0.4, 0.5) is 0 Å². The van der Waals surface area contributed by atoms with E-state index in [1.165, 1.54) is 6.08 Å². The van der Waals surface area contributed by atoms with Crippen LogP contribution in [-0.2, 0) is 4.79 Å². The van der Waals surface area contributed by atoms with Crippen LogP contribution in [0.5, 0.6) is 0 Å². The van der Waals surface area contributed by atoms with E-state index < -0.39 is 5.41 Å². The second kappa shape index (κ2) is 10.2. The van der Waals surface area contributed by atoms with E-state index in [1.807, 2.05) is 45.0 Å². The minimum atomic E-state index is -0.426. The zero-order chi connectivity index (χ0) is 25.0. The maximum atomic E-state index is 12.9. The summed E-state index contributed by atoms with van der Waals surface area (Å²) in [7, 11) is 0. The van der Waals surface area contributed by atoms with Gasteiger partial charge in [-0.05, 0) is 49.3 Å². The lowest BCUT2D eigenvalue weighted by atomic mass is 9.94. The van der Waals surface area contributed by atoms with Gasteiger partial charge in [0.1, 0.15) is 0 Å². The number of hydrogen-bond donors (Lipinski definition) is 1. The molecule has 0 saturated carbocycles. The molecule has 2 heterocycles. The van der Waals surface area contributed by atoms with Crippen molar-refractivity contribution in [1.29, 1.82) is 0 Å². The summed E-state index contributed by atoms with van der Waals surface area (Å²) in [6, 6.07) is 14.4. The molecule has 180 valence electrons. The molecule has 2 aromatic carbocycles. The zero-order valence-electron chi connectivity index (χ0n) is 20.3. The van der Waals surface area contributed by atoms with Gasteiger partial charge in [0.25, 0.3) is 5.91 Å².